The van der Waals surface area contributed by atoms with Gasteiger partial charge in [0.05, 0.1) is 0 Å². The first-order valence-electron chi connectivity index (χ1n) is 5.06. The molecule has 0 aliphatic rings. The van der Waals surface area contributed by atoms with Crippen LogP contribution in [0, 0.1) is 0 Å². The fraction of sp³-hybridized carbons (Fsp3) is 1.00. The molecule has 0 rings (SSSR count). The van der Waals surface area contributed by atoms with Crippen molar-refractivity contribution in [3.05, 3.63) is 0 Å². The van der Waals surface area contributed by atoms with Crippen LogP contribution in [0.2, 0.25) is 0 Å². The maximum absolute atomic E-state index is 5.58. The summed E-state index contributed by atoms with van der Waals surface area (Å²) in [6.45, 7) is 12.3. The number of rotatable bonds is 3. The Balaban J connectivity index is -0.000000138. The molecule has 0 unspecified atom stereocenters. The number of hydrogen-bond donors (Lipinski definition) is 1. The van der Waals surface area contributed by atoms with Crippen LogP contribution in [-0.4, -0.2) is 6.04 Å². The zero-order valence-corrected chi connectivity index (χ0v) is 9.28. The third-order valence-electron chi connectivity index (χ3n) is 1.18. The van der Waals surface area contributed by atoms with Crippen molar-refractivity contribution in [3.8, 4) is 0 Å². The summed E-state index contributed by atoms with van der Waals surface area (Å²) >= 11 is 0. The maximum atomic E-state index is 5.58. The van der Waals surface area contributed by atoms with Gasteiger partial charge in [-0.1, -0.05) is 48.0 Å². The Kier molecular flexibility index (Phi) is 35.1. The first kappa shape index (κ1) is 17.2. The molecule has 0 heterocycles. The molecule has 0 amide bonds. The fourth-order valence-corrected chi connectivity index (χ4v) is 0.575. The quantitative estimate of drug-likeness (QED) is 0.672. The minimum atomic E-state index is 0.449. The van der Waals surface area contributed by atoms with Crippen molar-refractivity contribution in [2.75, 3.05) is 0 Å². The highest BCUT2D eigenvalue weighted by Crippen LogP contribution is 1.95. The first-order valence-corrected chi connectivity index (χ1v) is 5.06. The van der Waals surface area contributed by atoms with Crippen LogP contribution in [0.1, 0.15) is 60.8 Å². The summed E-state index contributed by atoms with van der Waals surface area (Å²) in [5, 5.41) is 0. The van der Waals surface area contributed by atoms with E-state index in [9.17, 15) is 0 Å². The van der Waals surface area contributed by atoms with Gasteiger partial charge in [-0.05, 0) is 12.8 Å². The minimum absolute atomic E-state index is 0.449. The van der Waals surface area contributed by atoms with Gasteiger partial charge >= 0.3 is 0 Å². The molecule has 0 aromatic heterocycles. The van der Waals surface area contributed by atoms with Crippen LogP contribution in [0.25, 0.3) is 0 Å². The lowest BCUT2D eigenvalue weighted by Crippen LogP contribution is -2.17. The van der Waals surface area contributed by atoms with Crippen LogP contribution in [0.4, 0.5) is 0 Å². The van der Waals surface area contributed by atoms with E-state index in [0.29, 0.717) is 6.04 Å². The predicted molar refractivity (Wildman–Crippen MR) is 55.9 cm³/mol. The largest absolute Gasteiger partial charge is 0.328 e. The molecule has 0 saturated carbocycles. The molecule has 1 nitrogen and oxygen atoms in total. The molecule has 0 saturated heterocycles. The Hall–Kier alpha value is -0.0400. The molecule has 0 bridgehead atoms. The van der Waals surface area contributed by atoms with Crippen molar-refractivity contribution in [2.45, 2.75) is 66.8 Å². The average Bonchev–Trinajstić information content (AvgIpc) is 2.12. The summed E-state index contributed by atoms with van der Waals surface area (Å²) in [4.78, 5) is 0. The molecule has 0 aliphatic heterocycles. The molecule has 11 heavy (non-hydrogen) atoms. The van der Waals surface area contributed by atoms with Crippen LogP contribution in [0.15, 0.2) is 0 Å². The SMILES string of the molecule is CC.CC.CCC[C@H](N)CC. The number of hydrogen-bond acceptors (Lipinski definition) is 1. The molecule has 0 radical (unpaired) electrons. The van der Waals surface area contributed by atoms with E-state index in [-0.39, 0.29) is 0 Å². The van der Waals surface area contributed by atoms with E-state index in [1.165, 1.54) is 12.8 Å². The van der Waals surface area contributed by atoms with E-state index >= 15 is 0 Å². The van der Waals surface area contributed by atoms with E-state index in [0.717, 1.165) is 6.42 Å². The molecule has 0 fully saturated rings. The fourth-order valence-electron chi connectivity index (χ4n) is 0.575. The summed E-state index contributed by atoms with van der Waals surface area (Å²) in [6, 6.07) is 0.449. The molecule has 1 atom stereocenters. The average molecular weight is 161 g/mol. The van der Waals surface area contributed by atoms with Gasteiger partial charge in [0.25, 0.3) is 0 Å². The monoisotopic (exact) mass is 161 g/mol. The lowest BCUT2D eigenvalue weighted by Gasteiger charge is -2.03. The highest BCUT2D eigenvalue weighted by Gasteiger charge is 1.92. The summed E-state index contributed by atoms with van der Waals surface area (Å²) < 4.78 is 0. The maximum Gasteiger partial charge on any atom is 0.00361 e. The van der Waals surface area contributed by atoms with Crippen LogP contribution in [0.5, 0.6) is 0 Å². The second kappa shape index (κ2) is 22.5. The zero-order valence-electron chi connectivity index (χ0n) is 9.28. The Morgan fingerprint density at radius 1 is 1.00 bits per heavy atom. The van der Waals surface area contributed by atoms with Crippen molar-refractivity contribution in [2.24, 2.45) is 5.73 Å². The Bertz CT molecular complexity index is 35.9. The van der Waals surface area contributed by atoms with E-state index in [2.05, 4.69) is 13.8 Å². The topological polar surface area (TPSA) is 26.0 Å². The van der Waals surface area contributed by atoms with E-state index in [4.69, 9.17) is 5.73 Å². The third-order valence-corrected chi connectivity index (χ3v) is 1.18. The van der Waals surface area contributed by atoms with Crippen molar-refractivity contribution in [3.63, 3.8) is 0 Å². The van der Waals surface area contributed by atoms with Crippen LogP contribution < -0.4 is 5.73 Å². The molecular weight excluding hydrogens is 134 g/mol. The third kappa shape index (κ3) is 25.7. The minimum Gasteiger partial charge on any atom is -0.328 e. The first-order chi connectivity index (χ1) is 5.31. The number of nitrogens with two attached hydrogens (primary N) is 1. The normalized spacial score (nSPS) is 10.1. The lowest BCUT2D eigenvalue weighted by atomic mass is 10.1. The van der Waals surface area contributed by atoms with Crippen molar-refractivity contribution in [1.82, 2.24) is 0 Å². The van der Waals surface area contributed by atoms with Gasteiger partial charge in [0.1, 0.15) is 0 Å². The van der Waals surface area contributed by atoms with Gasteiger partial charge in [-0.3, -0.25) is 0 Å². The molecule has 2 N–H and O–H groups in total. The van der Waals surface area contributed by atoms with E-state index < -0.39 is 0 Å². The summed E-state index contributed by atoms with van der Waals surface area (Å²) in [5.41, 5.74) is 5.58. The molecule has 0 spiro atoms. The second-order valence-corrected chi connectivity index (χ2v) is 1.96. The van der Waals surface area contributed by atoms with Crippen LogP contribution in [0.3, 0.4) is 0 Å². The molecular formula is C10H27N. The van der Waals surface area contributed by atoms with E-state index in [1.54, 1.807) is 0 Å². The van der Waals surface area contributed by atoms with Crippen molar-refractivity contribution >= 4 is 0 Å². The van der Waals surface area contributed by atoms with Gasteiger partial charge in [-0.15, -0.1) is 0 Å². The van der Waals surface area contributed by atoms with Gasteiger partial charge in [0, 0.05) is 6.04 Å². The van der Waals surface area contributed by atoms with Gasteiger partial charge < -0.3 is 5.73 Å². The molecule has 0 aromatic carbocycles. The van der Waals surface area contributed by atoms with Gasteiger partial charge in [0.2, 0.25) is 0 Å². The predicted octanol–water partition coefficient (Wildman–Crippen LogP) is 3.58. The van der Waals surface area contributed by atoms with Crippen molar-refractivity contribution < 1.29 is 0 Å². The highest BCUT2D eigenvalue weighted by atomic mass is 14.6. The Morgan fingerprint density at radius 2 is 1.36 bits per heavy atom. The van der Waals surface area contributed by atoms with E-state index in [1.807, 2.05) is 27.7 Å². The lowest BCUT2D eigenvalue weighted by molar-refractivity contribution is 0.587. The molecule has 1 heteroatoms. The Labute approximate surface area is 73.4 Å². The zero-order chi connectivity index (χ0) is 9.70. The van der Waals surface area contributed by atoms with Gasteiger partial charge in [-0.2, -0.15) is 0 Å². The summed E-state index contributed by atoms with van der Waals surface area (Å²) in [5.74, 6) is 0. The molecule has 0 aromatic rings. The molecule has 0 aliphatic carbocycles. The summed E-state index contributed by atoms with van der Waals surface area (Å²) in [6.07, 6.45) is 3.51. The van der Waals surface area contributed by atoms with Crippen LogP contribution >= 0.6 is 0 Å². The van der Waals surface area contributed by atoms with Crippen LogP contribution in [-0.2, 0) is 0 Å². The Morgan fingerprint density at radius 3 is 1.45 bits per heavy atom. The molecule has 72 valence electrons. The smallest absolute Gasteiger partial charge is 0.00361 e. The standard InChI is InChI=1S/C6H15N.2C2H6/c1-3-5-6(7)4-2;2*1-2/h6H,3-5,7H2,1-2H3;2*1-2H3/t6-;;/m1../s1. The second-order valence-electron chi connectivity index (χ2n) is 1.96. The van der Waals surface area contributed by atoms with Gasteiger partial charge in [-0.25, -0.2) is 0 Å². The van der Waals surface area contributed by atoms with Crippen molar-refractivity contribution in [1.29, 1.82) is 0 Å². The van der Waals surface area contributed by atoms with Gasteiger partial charge in [0.15, 0.2) is 0 Å². The summed E-state index contributed by atoms with van der Waals surface area (Å²) in [7, 11) is 0. The highest BCUT2D eigenvalue weighted by molar-refractivity contribution is 4.54.